The first-order valence-corrected chi connectivity index (χ1v) is 18.1. The van der Waals surface area contributed by atoms with Gasteiger partial charge in [-0.1, -0.05) is 97.1 Å². The zero-order chi connectivity index (χ0) is 35.2. The molecule has 0 aliphatic heterocycles. The Bertz CT molecular complexity index is 2600. The molecule has 0 spiro atoms. The van der Waals surface area contributed by atoms with Gasteiger partial charge in [-0.2, -0.15) is 21.6 Å². The fourth-order valence-electron chi connectivity index (χ4n) is 6.34. The number of halogens is 3. The van der Waals surface area contributed by atoms with Crippen molar-refractivity contribution in [2.45, 2.75) is 5.51 Å². The second-order valence-electron chi connectivity index (χ2n) is 11.8. The number of nitrogens with zero attached hydrogens (tertiary/aromatic N) is 2. The Kier molecular flexibility index (Phi) is 8.13. The summed E-state index contributed by atoms with van der Waals surface area (Å²) in [4.78, 5) is 3.93. The van der Waals surface area contributed by atoms with Crippen molar-refractivity contribution < 1.29 is 25.8 Å². The molecule has 0 aliphatic carbocycles. The first kappa shape index (κ1) is 32.4. The normalized spacial score (nSPS) is 12.0. The van der Waals surface area contributed by atoms with Crippen molar-refractivity contribution in [1.29, 1.82) is 0 Å². The maximum Gasteiger partial charge on any atom is 0.534 e. The number of fused-ring (bicyclic) bond motifs is 4. The van der Waals surface area contributed by atoms with Crippen molar-refractivity contribution in [3.8, 4) is 5.75 Å². The maximum atomic E-state index is 13.6. The molecule has 0 atom stereocenters. The standard InChI is InChI=1S/C41H27F3N2O3S2/c42-41(43,44)51(47,48)49-32-23-25-37(45(29-14-3-1-4-15-29)30-16-5-2-6-17-30)38(27-32)46(36-20-11-13-28-12-7-8-18-33(28)36)31-22-24-35-34-19-9-10-21-39(34)50-40(35)26-31/h1-27H. The van der Waals surface area contributed by atoms with Gasteiger partial charge in [0.2, 0.25) is 0 Å². The fraction of sp³-hybridized carbons (Fsp3) is 0.0244. The smallest absolute Gasteiger partial charge is 0.376 e. The van der Waals surface area contributed by atoms with Crippen LogP contribution in [0.5, 0.6) is 5.75 Å². The van der Waals surface area contributed by atoms with E-state index in [4.69, 9.17) is 4.18 Å². The molecule has 7 aromatic carbocycles. The van der Waals surface area contributed by atoms with Crippen LogP contribution in [0.4, 0.5) is 47.3 Å². The van der Waals surface area contributed by atoms with Crippen LogP contribution < -0.4 is 14.0 Å². The van der Waals surface area contributed by atoms with E-state index in [-0.39, 0.29) is 0 Å². The lowest BCUT2D eigenvalue weighted by molar-refractivity contribution is -0.0500. The van der Waals surface area contributed by atoms with E-state index in [9.17, 15) is 21.6 Å². The Balaban J connectivity index is 1.45. The van der Waals surface area contributed by atoms with E-state index in [0.29, 0.717) is 17.1 Å². The van der Waals surface area contributed by atoms with Crippen molar-refractivity contribution in [1.82, 2.24) is 0 Å². The molecule has 8 aromatic rings. The molecule has 0 aliphatic rings. The van der Waals surface area contributed by atoms with Crippen molar-refractivity contribution >= 4 is 86.5 Å². The number of anilines is 6. The molecule has 0 N–H and O–H groups in total. The Morgan fingerprint density at radius 1 is 0.490 bits per heavy atom. The molecule has 8 rings (SSSR count). The first-order chi connectivity index (χ1) is 24.7. The highest BCUT2D eigenvalue weighted by Crippen LogP contribution is 2.49. The van der Waals surface area contributed by atoms with Gasteiger partial charge in [0, 0.05) is 48.7 Å². The topological polar surface area (TPSA) is 49.9 Å². The molecule has 0 saturated heterocycles. The summed E-state index contributed by atoms with van der Waals surface area (Å²) in [6, 6.07) is 51.2. The van der Waals surface area contributed by atoms with Gasteiger partial charge in [0.05, 0.1) is 17.1 Å². The minimum absolute atomic E-state index is 0.384. The predicted molar refractivity (Wildman–Crippen MR) is 202 cm³/mol. The number of benzene rings is 7. The van der Waals surface area contributed by atoms with Gasteiger partial charge in [-0.25, -0.2) is 0 Å². The molecular weight excluding hydrogens is 690 g/mol. The molecule has 5 nitrogen and oxygen atoms in total. The summed E-state index contributed by atoms with van der Waals surface area (Å²) in [5.74, 6) is -0.486. The van der Waals surface area contributed by atoms with E-state index in [1.54, 1.807) is 17.4 Å². The molecule has 0 bridgehead atoms. The quantitative estimate of drug-likeness (QED) is 0.116. The van der Waals surface area contributed by atoms with E-state index in [2.05, 4.69) is 18.2 Å². The third-order valence-electron chi connectivity index (χ3n) is 8.57. The summed E-state index contributed by atoms with van der Waals surface area (Å²) in [5.41, 5.74) is -1.68. The van der Waals surface area contributed by atoms with E-state index in [0.717, 1.165) is 48.0 Å². The molecular formula is C41H27F3N2O3S2. The van der Waals surface area contributed by atoms with E-state index >= 15 is 0 Å². The number of hydrogen-bond donors (Lipinski definition) is 0. The van der Waals surface area contributed by atoms with Gasteiger partial charge in [0.1, 0.15) is 5.75 Å². The Labute approximate surface area is 296 Å². The van der Waals surface area contributed by atoms with Crippen LogP contribution in [0.1, 0.15) is 0 Å². The van der Waals surface area contributed by atoms with E-state index in [1.165, 1.54) is 12.1 Å². The summed E-state index contributed by atoms with van der Waals surface area (Å²) < 4.78 is 72.5. The summed E-state index contributed by atoms with van der Waals surface area (Å²) >= 11 is 1.64. The first-order valence-electron chi connectivity index (χ1n) is 15.9. The van der Waals surface area contributed by atoms with Gasteiger partial charge in [-0.15, -0.1) is 11.3 Å². The van der Waals surface area contributed by atoms with Crippen molar-refractivity contribution in [3.05, 3.63) is 164 Å². The van der Waals surface area contributed by atoms with Crippen LogP contribution in [-0.2, 0) is 10.1 Å². The van der Waals surface area contributed by atoms with Crippen LogP contribution in [-0.4, -0.2) is 13.9 Å². The Morgan fingerprint density at radius 3 is 1.80 bits per heavy atom. The van der Waals surface area contributed by atoms with Gasteiger partial charge in [-0.05, 0) is 66.0 Å². The highest BCUT2D eigenvalue weighted by atomic mass is 32.2. The second-order valence-corrected chi connectivity index (χ2v) is 14.4. The SMILES string of the molecule is O=S(=O)(Oc1ccc(N(c2ccccc2)c2ccccc2)c(N(c2ccc3c(c2)sc2ccccc23)c2cccc3ccccc23)c1)C(F)(F)F. The molecule has 0 saturated carbocycles. The maximum absolute atomic E-state index is 13.6. The number of para-hydroxylation sites is 2. The molecule has 0 radical (unpaired) electrons. The minimum Gasteiger partial charge on any atom is -0.376 e. The molecule has 1 aromatic heterocycles. The third kappa shape index (κ3) is 6.02. The highest BCUT2D eigenvalue weighted by molar-refractivity contribution is 7.88. The zero-order valence-corrected chi connectivity index (χ0v) is 28.3. The van der Waals surface area contributed by atoms with E-state index < -0.39 is 21.4 Å². The lowest BCUT2D eigenvalue weighted by Gasteiger charge is -2.34. The number of rotatable bonds is 8. The summed E-state index contributed by atoms with van der Waals surface area (Å²) in [6.45, 7) is 0. The van der Waals surface area contributed by atoms with Crippen molar-refractivity contribution in [3.63, 3.8) is 0 Å². The molecule has 51 heavy (non-hydrogen) atoms. The van der Waals surface area contributed by atoms with Gasteiger partial charge < -0.3 is 14.0 Å². The van der Waals surface area contributed by atoms with E-state index in [1.807, 2.05) is 137 Å². The average molecular weight is 717 g/mol. The third-order valence-corrected chi connectivity index (χ3v) is 10.7. The minimum atomic E-state index is -5.97. The number of thiophene rings is 1. The number of alkyl halides is 3. The Hall–Kier alpha value is -5.84. The summed E-state index contributed by atoms with van der Waals surface area (Å²) in [7, 11) is -5.97. The van der Waals surface area contributed by atoms with Crippen LogP contribution in [0, 0.1) is 0 Å². The highest BCUT2D eigenvalue weighted by Gasteiger charge is 2.48. The van der Waals surface area contributed by atoms with Crippen LogP contribution >= 0.6 is 11.3 Å². The molecule has 10 heteroatoms. The molecule has 252 valence electrons. The summed E-state index contributed by atoms with van der Waals surface area (Å²) in [6.07, 6.45) is 0. The van der Waals surface area contributed by atoms with Crippen molar-refractivity contribution in [2.24, 2.45) is 0 Å². The van der Waals surface area contributed by atoms with Crippen LogP contribution in [0.2, 0.25) is 0 Å². The molecule has 0 fully saturated rings. The molecule has 0 amide bonds. The Morgan fingerprint density at radius 2 is 1.10 bits per heavy atom. The fourth-order valence-corrected chi connectivity index (χ4v) is 7.93. The predicted octanol–water partition coefficient (Wildman–Crippen LogP) is 12.4. The van der Waals surface area contributed by atoms with Crippen LogP contribution in [0.25, 0.3) is 30.9 Å². The summed E-state index contributed by atoms with van der Waals surface area (Å²) in [5, 5.41) is 4.01. The molecule has 0 unspecified atom stereocenters. The van der Waals surface area contributed by atoms with Crippen LogP contribution in [0.3, 0.4) is 0 Å². The molecule has 1 heterocycles. The monoisotopic (exact) mass is 716 g/mol. The zero-order valence-electron chi connectivity index (χ0n) is 26.7. The van der Waals surface area contributed by atoms with Gasteiger partial charge in [-0.3, -0.25) is 0 Å². The lowest BCUT2D eigenvalue weighted by Crippen LogP contribution is -2.28. The lowest BCUT2D eigenvalue weighted by atomic mass is 10.0. The largest absolute Gasteiger partial charge is 0.534 e. The van der Waals surface area contributed by atoms with Gasteiger partial charge >= 0.3 is 15.6 Å². The average Bonchev–Trinajstić information content (AvgIpc) is 3.51. The second kappa shape index (κ2) is 12.8. The van der Waals surface area contributed by atoms with Gasteiger partial charge in [0.15, 0.2) is 0 Å². The van der Waals surface area contributed by atoms with Gasteiger partial charge in [0.25, 0.3) is 0 Å². The van der Waals surface area contributed by atoms with Crippen molar-refractivity contribution in [2.75, 3.05) is 9.80 Å². The van der Waals surface area contributed by atoms with Crippen LogP contribution in [0.15, 0.2) is 164 Å². The number of hydrogen-bond acceptors (Lipinski definition) is 6.